The number of hydrogen-bond donors (Lipinski definition) is 1. The molecule has 0 aliphatic carbocycles. The van der Waals surface area contributed by atoms with E-state index in [0.29, 0.717) is 16.9 Å². The summed E-state index contributed by atoms with van der Waals surface area (Å²) >= 11 is 0. The fourth-order valence-electron chi connectivity index (χ4n) is 3.05. The van der Waals surface area contributed by atoms with Crippen LogP contribution in [0.15, 0.2) is 36.4 Å². The first-order valence-corrected chi connectivity index (χ1v) is 8.93. The highest BCUT2D eigenvalue weighted by Gasteiger charge is 2.18. The van der Waals surface area contributed by atoms with E-state index in [1.807, 2.05) is 37.2 Å². The monoisotopic (exact) mass is 376 g/mol. The Morgan fingerprint density at radius 3 is 2.57 bits per heavy atom. The summed E-state index contributed by atoms with van der Waals surface area (Å²) in [5, 5.41) is 17.5. The molecule has 0 atom stereocenters. The molecule has 2 aromatic carbocycles. The minimum atomic E-state index is -0.986. The Morgan fingerprint density at radius 1 is 1.07 bits per heavy atom. The lowest BCUT2D eigenvalue weighted by atomic mass is 10.1. The van der Waals surface area contributed by atoms with E-state index < -0.39 is 5.97 Å². The number of carbonyl (C=O) groups is 1. The third-order valence-corrected chi connectivity index (χ3v) is 4.89. The lowest BCUT2D eigenvalue weighted by molar-refractivity contribution is 0.0697. The van der Waals surface area contributed by atoms with Gasteiger partial charge in [-0.2, -0.15) is 0 Å². The van der Waals surface area contributed by atoms with Gasteiger partial charge < -0.3 is 10.0 Å². The van der Waals surface area contributed by atoms with Gasteiger partial charge in [-0.05, 0) is 44.2 Å². The van der Waals surface area contributed by atoms with Crippen LogP contribution in [-0.2, 0) is 7.05 Å². The highest BCUT2D eigenvalue weighted by atomic mass is 16.4. The van der Waals surface area contributed by atoms with Crippen LogP contribution >= 0.6 is 0 Å². The van der Waals surface area contributed by atoms with E-state index in [9.17, 15) is 9.90 Å². The van der Waals surface area contributed by atoms with Crippen LogP contribution < -0.4 is 4.90 Å². The van der Waals surface area contributed by atoms with Crippen molar-refractivity contribution in [2.24, 2.45) is 7.05 Å². The van der Waals surface area contributed by atoms with Gasteiger partial charge in [-0.15, -0.1) is 5.10 Å². The minimum Gasteiger partial charge on any atom is -0.478 e. The summed E-state index contributed by atoms with van der Waals surface area (Å²) in [4.78, 5) is 22.9. The van der Waals surface area contributed by atoms with Crippen LogP contribution in [0.2, 0.25) is 0 Å². The highest BCUT2D eigenvalue weighted by Crippen LogP contribution is 2.31. The minimum absolute atomic E-state index is 0.188. The quantitative estimate of drug-likeness (QED) is 0.584. The second kappa shape index (κ2) is 6.56. The van der Waals surface area contributed by atoms with Crippen LogP contribution in [0.5, 0.6) is 0 Å². The van der Waals surface area contributed by atoms with Gasteiger partial charge in [0.15, 0.2) is 5.82 Å². The van der Waals surface area contributed by atoms with Crippen molar-refractivity contribution in [2.75, 3.05) is 11.9 Å². The topological polar surface area (TPSA) is 97.0 Å². The van der Waals surface area contributed by atoms with Gasteiger partial charge in [0.05, 0.1) is 22.1 Å². The zero-order valence-electron chi connectivity index (χ0n) is 16.1. The largest absolute Gasteiger partial charge is 0.478 e. The van der Waals surface area contributed by atoms with E-state index >= 15 is 0 Å². The van der Waals surface area contributed by atoms with Crippen LogP contribution in [0.3, 0.4) is 0 Å². The molecule has 8 heteroatoms. The predicted molar refractivity (Wildman–Crippen MR) is 108 cm³/mol. The first kappa shape index (κ1) is 17.8. The maximum atomic E-state index is 11.3. The maximum Gasteiger partial charge on any atom is 0.335 e. The molecule has 0 spiro atoms. The van der Waals surface area contributed by atoms with Gasteiger partial charge in [0, 0.05) is 25.7 Å². The van der Waals surface area contributed by atoms with E-state index in [1.165, 1.54) is 0 Å². The lowest BCUT2D eigenvalue weighted by Crippen LogP contribution is -2.27. The average Bonchev–Trinajstić information content (AvgIpc) is 3.06. The SMILES string of the molecule is CC(C)N(C)c1nc2cc(C(=O)O)ccc2nc1-c1ccc2c(c1)nnn2C. The normalized spacial score (nSPS) is 11.5. The van der Waals surface area contributed by atoms with Gasteiger partial charge in [-0.1, -0.05) is 11.3 Å². The van der Waals surface area contributed by atoms with Crippen LogP contribution in [0.25, 0.3) is 33.3 Å². The Balaban J connectivity index is 1.97. The Morgan fingerprint density at radius 2 is 1.86 bits per heavy atom. The summed E-state index contributed by atoms with van der Waals surface area (Å²) in [6, 6.07) is 10.9. The molecule has 2 heterocycles. The first-order valence-electron chi connectivity index (χ1n) is 8.93. The Hall–Kier alpha value is -3.55. The Kier molecular flexibility index (Phi) is 4.18. The van der Waals surface area contributed by atoms with E-state index in [1.54, 1.807) is 22.9 Å². The number of benzene rings is 2. The number of aryl methyl sites for hydroxylation is 1. The van der Waals surface area contributed by atoms with E-state index in [-0.39, 0.29) is 11.6 Å². The van der Waals surface area contributed by atoms with Gasteiger partial charge >= 0.3 is 5.97 Å². The number of aromatic carboxylic acids is 1. The van der Waals surface area contributed by atoms with E-state index in [4.69, 9.17) is 9.97 Å². The number of fused-ring (bicyclic) bond motifs is 2. The molecule has 0 unspecified atom stereocenters. The average molecular weight is 376 g/mol. The number of carboxylic acid groups (broad SMARTS) is 1. The van der Waals surface area contributed by atoms with Crippen LogP contribution in [0.4, 0.5) is 5.82 Å². The molecule has 142 valence electrons. The number of rotatable bonds is 4. The fourth-order valence-corrected chi connectivity index (χ4v) is 3.05. The molecule has 2 aromatic heterocycles. The molecule has 8 nitrogen and oxygen atoms in total. The molecular weight excluding hydrogens is 356 g/mol. The zero-order chi connectivity index (χ0) is 20.0. The molecule has 0 saturated heterocycles. The molecular formula is C20H20N6O2. The van der Waals surface area contributed by atoms with Crippen LogP contribution in [0.1, 0.15) is 24.2 Å². The number of nitrogens with zero attached hydrogens (tertiary/aromatic N) is 6. The second-order valence-corrected chi connectivity index (χ2v) is 7.03. The van der Waals surface area contributed by atoms with Crippen molar-refractivity contribution in [1.82, 2.24) is 25.0 Å². The van der Waals surface area contributed by atoms with Crippen molar-refractivity contribution in [1.29, 1.82) is 0 Å². The molecule has 4 aromatic rings. The molecule has 0 aliphatic heterocycles. The lowest BCUT2D eigenvalue weighted by Gasteiger charge is -2.25. The zero-order valence-corrected chi connectivity index (χ0v) is 16.1. The molecule has 0 aliphatic rings. The summed E-state index contributed by atoms with van der Waals surface area (Å²) in [6.45, 7) is 4.13. The van der Waals surface area contributed by atoms with Crippen molar-refractivity contribution in [3.8, 4) is 11.3 Å². The van der Waals surface area contributed by atoms with Gasteiger partial charge in [-0.25, -0.2) is 19.4 Å². The summed E-state index contributed by atoms with van der Waals surface area (Å²) in [6.07, 6.45) is 0. The number of anilines is 1. The van der Waals surface area contributed by atoms with Crippen LogP contribution in [0, 0.1) is 0 Å². The smallest absolute Gasteiger partial charge is 0.335 e. The van der Waals surface area contributed by atoms with Crippen molar-refractivity contribution < 1.29 is 9.90 Å². The Labute approximate surface area is 161 Å². The van der Waals surface area contributed by atoms with Crippen molar-refractivity contribution >= 4 is 33.9 Å². The van der Waals surface area contributed by atoms with Gasteiger partial charge in [-0.3, -0.25) is 0 Å². The molecule has 0 fully saturated rings. The number of hydrogen-bond acceptors (Lipinski definition) is 6. The molecule has 4 rings (SSSR count). The van der Waals surface area contributed by atoms with E-state index in [2.05, 4.69) is 24.2 Å². The molecule has 0 bridgehead atoms. The fraction of sp³-hybridized carbons (Fsp3) is 0.250. The molecule has 1 N–H and O–H groups in total. The summed E-state index contributed by atoms with van der Waals surface area (Å²) in [5.41, 5.74) is 4.69. The third-order valence-electron chi connectivity index (χ3n) is 4.89. The second-order valence-electron chi connectivity index (χ2n) is 7.03. The van der Waals surface area contributed by atoms with Gasteiger partial charge in [0.25, 0.3) is 0 Å². The molecule has 0 saturated carbocycles. The highest BCUT2D eigenvalue weighted by molar-refractivity contribution is 5.94. The third kappa shape index (κ3) is 2.92. The number of aromatic nitrogens is 5. The predicted octanol–water partition coefficient (Wildman–Crippen LogP) is 3.12. The standard InChI is InChI=1S/C20H20N6O2/c1-11(2)25(3)19-18(12-6-8-17-16(9-12)23-24-26(17)4)21-14-7-5-13(20(27)28)10-15(14)22-19/h5-11H,1-4H3,(H,27,28). The van der Waals surface area contributed by atoms with Crippen molar-refractivity contribution in [3.05, 3.63) is 42.0 Å². The summed E-state index contributed by atoms with van der Waals surface area (Å²) < 4.78 is 1.72. The van der Waals surface area contributed by atoms with Crippen LogP contribution in [-0.4, -0.2) is 49.1 Å². The molecule has 28 heavy (non-hydrogen) atoms. The summed E-state index contributed by atoms with van der Waals surface area (Å²) in [7, 11) is 3.80. The van der Waals surface area contributed by atoms with Crippen molar-refractivity contribution in [3.63, 3.8) is 0 Å². The molecule has 0 radical (unpaired) electrons. The maximum absolute atomic E-state index is 11.3. The first-order chi connectivity index (χ1) is 13.3. The van der Waals surface area contributed by atoms with Gasteiger partial charge in [0.2, 0.25) is 0 Å². The number of carboxylic acids is 1. The molecule has 0 amide bonds. The van der Waals surface area contributed by atoms with Gasteiger partial charge in [0.1, 0.15) is 11.2 Å². The van der Waals surface area contributed by atoms with E-state index in [0.717, 1.165) is 22.3 Å². The Bertz CT molecular complexity index is 1210. The summed E-state index contributed by atoms with van der Waals surface area (Å²) in [5.74, 6) is -0.298. The van der Waals surface area contributed by atoms with Crippen molar-refractivity contribution in [2.45, 2.75) is 19.9 Å².